The number of nitriles is 1. The molecule has 4 aromatic rings. The lowest BCUT2D eigenvalue weighted by Gasteiger charge is -2.11. The summed E-state index contributed by atoms with van der Waals surface area (Å²) in [6, 6.07) is 27.8. The van der Waals surface area contributed by atoms with Crippen LogP contribution in [0.3, 0.4) is 0 Å². The van der Waals surface area contributed by atoms with Gasteiger partial charge in [0.2, 0.25) is 0 Å². The van der Waals surface area contributed by atoms with Crippen molar-refractivity contribution in [1.29, 1.82) is 5.26 Å². The van der Waals surface area contributed by atoms with Gasteiger partial charge >= 0.3 is 0 Å². The number of benzene rings is 3. The molecule has 0 saturated carbocycles. The maximum absolute atomic E-state index is 11.1. The summed E-state index contributed by atoms with van der Waals surface area (Å²) >= 11 is 0. The number of pyridine rings is 1. The van der Waals surface area contributed by atoms with Crippen LogP contribution in [-0.4, -0.2) is 9.91 Å². The van der Waals surface area contributed by atoms with E-state index in [1.165, 1.54) is 12.1 Å². The smallest absolute Gasteiger partial charge is 0.270 e. The van der Waals surface area contributed by atoms with Crippen LogP contribution in [0.15, 0.2) is 84.9 Å². The molecule has 0 bridgehead atoms. The van der Waals surface area contributed by atoms with Gasteiger partial charge < -0.3 is 5.73 Å². The predicted molar refractivity (Wildman–Crippen MR) is 116 cm³/mol. The third-order valence-electron chi connectivity index (χ3n) is 4.82. The van der Waals surface area contributed by atoms with Crippen molar-refractivity contribution >= 4 is 11.5 Å². The van der Waals surface area contributed by atoms with E-state index in [0.717, 1.165) is 16.7 Å². The van der Waals surface area contributed by atoms with Crippen molar-refractivity contribution in [2.75, 3.05) is 5.73 Å². The fraction of sp³-hybridized carbons (Fsp3) is 0. The molecule has 0 aliphatic carbocycles. The van der Waals surface area contributed by atoms with Gasteiger partial charge in [-0.2, -0.15) is 5.26 Å². The van der Waals surface area contributed by atoms with Gasteiger partial charge in [-0.25, -0.2) is 4.98 Å². The van der Waals surface area contributed by atoms with Crippen LogP contribution in [0.2, 0.25) is 0 Å². The molecule has 0 saturated heterocycles. The van der Waals surface area contributed by atoms with Crippen molar-refractivity contribution in [3.63, 3.8) is 0 Å². The van der Waals surface area contributed by atoms with Gasteiger partial charge in [-0.05, 0) is 22.8 Å². The number of aromatic nitrogens is 1. The molecule has 0 radical (unpaired) electrons. The first-order valence-electron chi connectivity index (χ1n) is 9.18. The fourth-order valence-corrected chi connectivity index (χ4v) is 3.31. The van der Waals surface area contributed by atoms with Crippen LogP contribution in [0.4, 0.5) is 11.5 Å². The molecule has 0 fully saturated rings. The summed E-state index contributed by atoms with van der Waals surface area (Å²) in [5, 5.41) is 20.7. The van der Waals surface area contributed by atoms with Gasteiger partial charge in [-0.1, -0.05) is 66.7 Å². The minimum atomic E-state index is -0.459. The molecule has 144 valence electrons. The summed E-state index contributed by atoms with van der Waals surface area (Å²) in [7, 11) is 0. The van der Waals surface area contributed by atoms with Gasteiger partial charge in [0.25, 0.3) is 5.69 Å². The Labute approximate surface area is 173 Å². The quantitative estimate of drug-likeness (QED) is 0.367. The van der Waals surface area contributed by atoms with E-state index < -0.39 is 4.92 Å². The molecule has 0 atom stereocenters. The summed E-state index contributed by atoms with van der Waals surface area (Å²) in [5.41, 5.74) is 10.9. The molecule has 0 amide bonds. The van der Waals surface area contributed by atoms with E-state index in [1.54, 1.807) is 18.2 Å². The molecule has 1 heterocycles. The van der Waals surface area contributed by atoms with E-state index in [-0.39, 0.29) is 17.1 Å². The molecule has 6 nitrogen and oxygen atoms in total. The Kier molecular flexibility index (Phi) is 4.93. The first-order chi connectivity index (χ1) is 14.6. The number of anilines is 1. The molecular formula is C24H16N4O2. The topological polar surface area (TPSA) is 106 Å². The van der Waals surface area contributed by atoms with Crippen LogP contribution in [-0.2, 0) is 0 Å². The van der Waals surface area contributed by atoms with Crippen LogP contribution in [0.5, 0.6) is 0 Å². The third-order valence-corrected chi connectivity index (χ3v) is 4.82. The molecule has 0 unspecified atom stereocenters. The number of non-ortho nitro benzene ring substituents is 1. The summed E-state index contributed by atoms with van der Waals surface area (Å²) in [5.74, 6) is 0.0867. The number of rotatable bonds is 4. The Morgan fingerprint density at radius 2 is 1.47 bits per heavy atom. The van der Waals surface area contributed by atoms with Crippen molar-refractivity contribution in [3.05, 3.63) is 101 Å². The average molecular weight is 392 g/mol. The van der Waals surface area contributed by atoms with Gasteiger partial charge in [0.15, 0.2) is 0 Å². The molecule has 0 aliphatic heterocycles. The highest BCUT2D eigenvalue weighted by molar-refractivity contribution is 5.81. The summed E-state index contributed by atoms with van der Waals surface area (Å²) in [4.78, 5) is 14.9. The van der Waals surface area contributed by atoms with Gasteiger partial charge in [0.05, 0.1) is 10.6 Å². The minimum Gasteiger partial charge on any atom is -0.383 e. The Hall–Kier alpha value is -4.50. The largest absolute Gasteiger partial charge is 0.383 e. The van der Waals surface area contributed by atoms with E-state index in [2.05, 4.69) is 11.1 Å². The fourth-order valence-electron chi connectivity index (χ4n) is 3.31. The molecule has 6 heteroatoms. The number of hydrogen-bond acceptors (Lipinski definition) is 5. The zero-order valence-electron chi connectivity index (χ0n) is 15.8. The van der Waals surface area contributed by atoms with Crippen LogP contribution in [0.25, 0.3) is 33.5 Å². The van der Waals surface area contributed by atoms with Crippen molar-refractivity contribution in [1.82, 2.24) is 4.98 Å². The summed E-state index contributed by atoms with van der Waals surface area (Å²) in [6.45, 7) is 0. The summed E-state index contributed by atoms with van der Waals surface area (Å²) < 4.78 is 0. The van der Waals surface area contributed by atoms with E-state index in [4.69, 9.17) is 5.73 Å². The zero-order valence-corrected chi connectivity index (χ0v) is 15.8. The molecule has 1 aromatic heterocycles. The van der Waals surface area contributed by atoms with E-state index in [9.17, 15) is 15.4 Å². The number of nitro benzene ring substituents is 1. The van der Waals surface area contributed by atoms with E-state index in [1.807, 2.05) is 54.6 Å². The SMILES string of the molecule is N#Cc1c(-c2ccc(-c3ccccc3)cc2)cc(-c2cccc([N+](=O)[O-])c2)nc1N. The highest BCUT2D eigenvalue weighted by Gasteiger charge is 2.15. The maximum Gasteiger partial charge on any atom is 0.270 e. The second-order valence-electron chi connectivity index (χ2n) is 6.68. The Morgan fingerprint density at radius 3 is 2.13 bits per heavy atom. The molecule has 30 heavy (non-hydrogen) atoms. The number of nitrogens with zero attached hydrogens (tertiary/aromatic N) is 3. The van der Waals surface area contributed by atoms with Crippen molar-refractivity contribution in [2.24, 2.45) is 0 Å². The lowest BCUT2D eigenvalue weighted by Crippen LogP contribution is -2.00. The van der Waals surface area contributed by atoms with Gasteiger partial charge in [-0.3, -0.25) is 10.1 Å². The van der Waals surface area contributed by atoms with E-state index >= 15 is 0 Å². The lowest BCUT2D eigenvalue weighted by molar-refractivity contribution is -0.384. The Morgan fingerprint density at radius 1 is 0.833 bits per heavy atom. The standard InChI is InChI=1S/C24H16N4O2/c25-15-22-21(18-11-9-17(10-12-18)16-5-2-1-3-6-16)14-23(27-24(22)26)19-7-4-8-20(13-19)28(29)30/h1-14H,(H2,26,27). The van der Waals surface area contributed by atoms with Crippen LogP contribution >= 0.6 is 0 Å². The van der Waals surface area contributed by atoms with Crippen LogP contribution < -0.4 is 5.73 Å². The maximum atomic E-state index is 11.1. The van der Waals surface area contributed by atoms with Crippen LogP contribution in [0, 0.1) is 21.4 Å². The predicted octanol–water partition coefficient (Wildman–Crippen LogP) is 5.44. The normalized spacial score (nSPS) is 10.4. The highest BCUT2D eigenvalue weighted by atomic mass is 16.6. The Balaban J connectivity index is 1.81. The van der Waals surface area contributed by atoms with E-state index in [0.29, 0.717) is 16.8 Å². The molecule has 3 aromatic carbocycles. The molecule has 2 N–H and O–H groups in total. The van der Waals surface area contributed by atoms with Gasteiger partial charge in [0.1, 0.15) is 17.5 Å². The van der Waals surface area contributed by atoms with Crippen molar-refractivity contribution in [3.8, 4) is 39.6 Å². The summed E-state index contributed by atoms with van der Waals surface area (Å²) in [6.07, 6.45) is 0. The van der Waals surface area contributed by atoms with Gasteiger partial charge in [0, 0.05) is 23.3 Å². The second kappa shape index (κ2) is 7.86. The highest BCUT2D eigenvalue weighted by Crippen LogP contribution is 2.33. The molecule has 0 spiro atoms. The monoisotopic (exact) mass is 392 g/mol. The zero-order chi connectivity index (χ0) is 21.1. The number of hydrogen-bond donors (Lipinski definition) is 1. The Bertz CT molecular complexity index is 1280. The average Bonchev–Trinajstić information content (AvgIpc) is 2.79. The second-order valence-corrected chi connectivity index (χ2v) is 6.68. The van der Waals surface area contributed by atoms with Crippen molar-refractivity contribution in [2.45, 2.75) is 0 Å². The minimum absolute atomic E-state index is 0.0361. The van der Waals surface area contributed by atoms with Gasteiger partial charge in [-0.15, -0.1) is 0 Å². The first kappa shape index (κ1) is 18.8. The van der Waals surface area contributed by atoms with Crippen LogP contribution in [0.1, 0.15) is 5.56 Å². The third kappa shape index (κ3) is 3.60. The number of nitrogens with two attached hydrogens (primary N) is 1. The number of nitrogen functional groups attached to an aromatic ring is 1. The lowest BCUT2D eigenvalue weighted by atomic mass is 9.96. The number of nitro groups is 1. The molecular weight excluding hydrogens is 376 g/mol. The van der Waals surface area contributed by atoms with Crippen molar-refractivity contribution < 1.29 is 4.92 Å². The first-order valence-corrected chi connectivity index (χ1v) is 9.18. The molecule has 0 aliphatic rings. The molecule has 4 rings (SSSR count).